The SMILES string of the molecule is CC1(C)c2cc3oc4ccccc4c3cc2-c2cccc(-c3ccc(-c4nc(-c5ccccc5)nc(-c5ccccc5)n4)cc3)c21.CC1(C)c2cc3oc4ccccc4c3cc2-c2cccc(-c3nc(-c4ccccc4)nc(-c4ccc5oc6ccccc6c5c4)n3)c21.CC1(C)c2cc3oc4ccccc4c3cc2-c2cccc(-c3nc(-c4ccccc4)nc(-c4ccccn4)n3)c21. The zero-order chi connectivity index (χ0) is 89.0. The van der Waals surface area contributed by atoms with Crippen LogP contribution in [-0.4, -0.2) is 49.8 Å². The van der Waals surface area contributed by atoms with Crippen molar-refractivity contribution < 1.29 is 17.7 Å². The van der Waals surface area contributed by atoms with Gasteiger partial charge in [-0.15, -0.1) is 0 Å². The molecule has 3 aliphatic rings. The fraction of sp³-hybridized carbons (Fsp3) is 0.0756. The lowest BCUT2D eigenvalue weighted by molar-refractivity contribution is 0.648. The summed E-state index contributed by atoms with van der Waals surface area (Å²) in [7, 11) is 0. The summed E-state index contributed by atoms with van der Waals surface area (Å²) < 4.78 is 25.0. The number of para-hydroxylation sites is 4. The fourth-order valence-electron chi connectivity index (χ4n) is 20.7. The molecule has 0 amide bonds. The van der Waals surface area contributed by atoms with Crippen LogP contribution < -0.4 is 0 Å². The third-order valence-corrected chi connectivity index (χ3v) is 27.0. The highest BCUT2D eigenvalue weighted by Gasteiger charge is 2.43. The Morgan fingerprint density at radius 2 is 0.444 bits per heavy atom. The van der Waals surface area contributed by atoms with Crippen molar-refractivity contribution >= 4 is 87.8 Å². The molecule has 0 saturated heterocycles. The third-order valence-electron chi connectivity index (χ3n) is 27.0. The van der Waals surface area contributed by atoms with E-state index in [2.05, 4.69) is 210 Å². The molecule has 0 spiro atoms. The van der Waals surface area contributed by atoms with E-state index in [9.17, 15) is 0 Å². The molecule has 24 aromatic rings. The van der Waals surface area contributed by atoms with Gasteiger partial charge in [-0.25, -0.2) is 44.9 Å². The lowest BCUT2D eigenvalue weighted by Crippen LogP contribution is -2.17. The van der Waals surface area contributed by atoms with E-state index in [1.54, 1.807) is 6.20 Å². The van der Waals surface area contributed by atoms with Crippen LogP contribution in [0.1, 0.15) is 74.9 Å². The van der Waals surface area contributed by atoms with Crippen molar-refractivity contribution in [2.75, 3.05) is 0 Å². The second-order valence-corrected chi connectivity index (χ2v) is 36.0. The van der Waals surface area contributed by atoms with E-state index in [0.29, 0.717) is 58.1 Å². The fourth-order valence-corrected chi connectivity index (χ4v) is 20.7. The van der Waals surface area contributed by atoms with Crippen LogP contribution in [0.15, 0.2) is 394 Å². The first kappa shape index (κ1) is 78.2. The number of fused-ring (bicyclic) bond motifs is 21. The van der Waals surface area contributed by atoms with Crippen molar-refractivity contribution in [1.29, 1.82) is 0 Å². The Kier molecular flexibility index (Phi) is 18.0. The van der Waals surface area contributed by atoms with Crippen LogP contribution in [0.25, 0.3) is 235 Å². The average molecular weight is 1710 g/mol. The summed E-state index contributed by atoms with van der Waals surface area (Å²) in [5.74, 6) is 5.70. The number of furan rings is 4. The predicted octanol–water partition coefficient (Wildman–Crippen LogP) is 30.2. The molecule has 27 rings (SSSR count). The Morgan fingerprint density at radius 1 is 0.173 bits per heavy atom. The standard InChI is InChI=1S/C42H27N3O2.C42H29N3O.C35H24N4O/c1-42(2)33-23-37-32(27-14-7-9-18-35(27)47-37)22-30(33)28-15-10-16-29(38(28)42)41-44-39(24-11-4-3-5-12-24)43-40(45-41)25-19-20-36-31(21-25)26-13-6-8-17-34(26)46-36;1-42(2)35-25-37-34(31-16-9-10-19-36(31)46-37)24-33(35)32-18-11-17-30(38(32)42)26-20-22-29(23-21-26)41-44-39(27-12-5-3-6-13-27)43-40(45-41)28-14-7-4-8-15-28;1-35(2)27-20-30-26(22-13-6-7-17-29(22)40-30)19-25(27)23-14-10-15-24(31(23)35)33-37-32(21-11-4-3-5-12-21)38-34(39-33)28-16-8-9-18-36-28/h3-23H,1-2H3;3-25H,1-2H3;3-20H,1-2H3. The minimum absolute atomic E-state index is 0.198. The van der Waals surface area contributed by atoms with Gasteiger partial charge in [-0.1, -0.05) is 321 Å². The Hall–Kier alpha value is -17.1. The van der Waals surface area contributed by atoms with E-state index in [1.807, 2.05) is 206 Å². The van der Waals surface area contributed by atoms with E-state index in [-0.39, 0.29) is 16.2 Å². The van der Waals surface area contributed by atoms with Crippen molar-refractivity contribution in [3.63, 3.8) is 0 Å². The van der Waals surface area contributed by atoms with Crippen LogP contribution in [0.3, 0.4) is 0 Å². The molecular formula is C119H80N10O4. The monoisotopic (exact) mass is 1710 g/mol. The van der Waals surface area contributed by atoms with Crippen LogP contribution in [0.4, 0.5) is 0 Å². The van der Waals surface area contributed by atoms with Gasteiger partial charge in [0.1, 0.15) is 50.4 Å². The first-order valence-corrected chi connectivity index (χ1v) is 44.9. The van der Waals surface area contributed by atoms with Gasteiger partial charge < -0.3 is 17.7 Å². The Labute approximate surface area is 764 Å². The molecular weight excluding hydrogens is 1630 g/mol. The molecule has 0 atom stereocenters. The minimum Gasteiger partial charge on any atom is -0.456 e. The lowest BCUT2D eigenvalue weighted by atomic mass is 9.78. The summed E-state index contributed by atoms with van der Waals surface area (Å²) in [5.41, 5.74) is 32.1. The topological polar surface area (TPSA) is 181 Å². The normalized spacial score (nSPS) is 13.4. The van der Waals surface area contributed by atoms with Gasteiger partial charge in [0.05, 0.1) is 0 Å². The van der Waals surface area contributed by atoms with Crippen molar-refractivity contribution in [2.45, 2.75) is 57.8 Å². The number of aromatic nitrogens is 10. The van der Waals surface area contributed by atoms with Crippen molar-refractivity contribution in [1.82, 2.24) is 49.8 Å². The van der Waals surface area contributed by atoms with Crippen molar-refractivity contribution in [2.24, 2.45) is 0 Å². The highest BCUT2D eigenvalue weighted by atomic mass is 16.3. The lowest BCUT2D eigenvalue weighted by Gasteiger charge is -2.24. The Balaban J connectivity index is 0.000000107. The maximum atomic E-state index is 6.33. The third kappa shape index (κ3) is 13.0. The molecule has 0 radical (unpaired) electrons. The first-order valence-electron chi connectivity index (χ1n) is 44.9. The minimum atomic E-state index is -0.317. The number of benzene rings is 16. The summed E-state index contributed by atoms with van der Waals surface area (Å²) in [5, 5.41) is 8.95. The molecule has 16 aromatic carbocycles. The first-order chi connectivity index (χ1) is 65.1. The number of rotatable bonds is 10. The molecule has 3 aliphatic carbocycles. The molecule has 0 aliphatic heterocycles. The molecule has 0 saturated carbocycles. The van der Waals surface area contributed by atoms with E-state index in [1.165, 1.54) is 72.3 Å². The van der Waals surface area contributed by atoms with Gasteiger partial charge in [0.2, 0.25) is 0 Å². The molecule has 8 aromatic heterocycles. The summed E-state index contributed by atoms with van der Waals surface area (Å²) in [6, 6.07) is 127. The van der Waals surface area contributed by atoms with Crippen LogP contribution in [0.5, 0.6) is 0 Å². The Morgan fingerprint density at radius 3 is 0.820 bits per heavy atom. The van der Waals surface area contributed by atoms with E-state index < -0.39 is 0 Å². The molecule has 0 fully saturated rings. The summed E-state index contributed by atoms with van der Waals surface area (Å²) in [6.45, 7) is 13.8. The van der Waals surface area contributed by atoms with Gasteiger partial charge in [-0.3, -0.25) is 4.98 Å². The largest absolute Gasteiger partial charge is 0.456 e. The number of hydrogen-bond donors (Lipinski definition) is 0. The number of nitrogens with zero attached hydrogens (tertiary/aromatic N) is 10. The number of pyridine rings is 1. The van der Waals surface area contributed by atoms with Crippen LogP contribution in [0, 0.1) is 0 Å². The summed E-state index contributed by atoms with van der Waals surface area (Å²) >= 11 is 0. The van der Waals surface area contributed by atoms with Crippen LogP contribution in [-0.2, 0) is 16.2 Å². The molecule has 133 heavy (non-hydrogen) atoms. The van der Waals surface area contributed by atoms with Gasteiger partial charge >= 0.3 is 0 Å². The highest BCUT2D eigenvalue weighted by Crippen LogP contribution is 2.58. The molecule has 0 bridgehead atoms. The van der Waals surface area contributed by atoms with E-state index in [0.717, 1.165) is 138 Å². The molecule has 8 heterocycles. The molecule has 0 unspecified atom stereocenters. The molecule has 14 nitrogen and oxygen atoms in total. The molecule has 630 valence electrons. The van der Waals surface area contributed by atoms with Crippen LogP contribution >= 0.6 is 0 Å². The zero-order valence-corrected chi connectivity index (χ0v) is 73.4. The maximum Gasteiger partial charge on any atom is 0.182 e. The zero-order valence-electron chi connectivity index (χ0n) is 73.4. The molecule has 14 heteroatoms. The van der Waals surface area contributed by atoms with Crippen LogP contribution in [0.2, 0.25) is 0 Å². The second kappa shape index (κ2) is 30.5. The van der Waals surface area contributed by atoms with Gasteiger partial charge in [-0.05, 0) is 169 Å². The predicted molar refractivity (Wildman–Crippen MR) is 533 cm³/mol. The van der Waals surface area contributed by atoms with Gasteiger partial charge in [0.15, 0.2) is 52.4 Å². The van der Waals surface area contributed by atoms with Crippen molar-refractivity contribution in [3.8, 4) is 147 Å². The highest BCUT2D eigenvalue weighted by molar-refractivity contribution is 6.12. The quantitative estimate of drug-likeness (QED) is 0.126. The number of hydrogen-bond acceptors (Lipinski definition) is 14. The smallest absolute Gasteiger partial charge is 0.182 e. The van der Waals surface area contributed by atoms with E-state index in [4.69, 9.17) is 62.5 Å². The summed E-state index contributed by atoms with van der Waals surface area (Å²) in [6.07, 6.45) is 1.76. The van der Waals surface area contributed by atoms with E-state index >= 15 is 0 Å². The Bertz CT molecular complexity index is 8730. The second-order valence-electron chi connectivity index (χ2n) is 36.0. The van der Waals surface area contributed by atoms with Gasteiger partial charge in [0, 0.05) is 110 Å². The summed E-state index contributed by atoms with van der Waals surface area (Å²) in [4.78, 5) is 49.4. The average Bonchev–Trinajstić information content (AvgIpc) is 1.56. The maximum absolute atomic E-state index is 6.33. The van der Waals surface area contributed by atoms with Crippen molar-refractivity contribution in [3.05, 3.63) is 410 Å². The van der Waals surface area contributed by atoms with Gasteiger partial charge in [-0.2, -0.15) is 0 Å². The van der Waals surface area contributed by atoms with Gasteiger partial charge in [0.25, 0.3) is 0 Å². The molecule has 0 N–H and O–H groups in total.